The maximum atomic E-state index is 12.8. The molecular formula is C21H29N3O6. The van der Waals surface area contributed by atoms with E-state index >= 15 is 0 Å². The van der Waals surface area contributed by atoms with Gasteiger partial charge in [0.05, 0.1) is 11.3 Å². The predicted octanol–water partition coefficient (Wildman–Crippen LogP) is 4.25. The van der Waals surface area contributed by atoms with Crippen molar-refractivity contribution >= 4 is 29.8 Å². The molecule has 1 heterocycles. The molecule has 0 aliphatic carbocycles. The number of amides is 2. The molecule has 1 fully saturated rings. The minimum atomic E-state index is -1.10. The van der Waals surface area contributed by atoms with Gasteiger partial charge >= 0.3 is 18.2 Å². The third-order valence-electron chi connectivity index (χ3n) is 3.80. The zero-order valence-electron chi connectivity index (χ0n) is 18.3. The van der Waals surface area contributed by atoms with Crippen LogP contribution in [0.2, 0.25) is 0 Å². The topological polar surface area (TPSA) is 109 Å². The Morgan fingerprint density at radius 3 is 1.87 bits per heavy atom. The zero-order chi connectivity index (χ0) is 22.7. The normalized spacial score (nSPS) is 14.9. The first-order valence-electron chi connectivity index (χ1n) is 9.70. The van der Waals surface area contributed by atoms with Crippen LogP contribution in [0.1, 0.15) is 58.3 Å². The molecule has 1 saturated heterocycles. The highest BCUT2D eigenvalue weighted by atomic mass is 16.6. The summed E-state index contributed by atoms with van der Waals surface area (Å²) >= 11 is 0. The number of carbonyl (C=O) groups excluding carboxylic acids is 2. The van der Waals surface area contributed by atoms with Crippen molar-refractivity contribution in [2.75, 3.05) is 13.1 Å². The number of guanidine groups is 1. The van der Waals surface area contributed by atoms with Crippen molar-refractivity contribution in [3.63, 3.8) is 0 Å². The second-order valence-electron chi connectivity index (χ2n) is 8.88. The Morgan fingerprint density at radius 2 is 1.43 bits per heavy atom. The molecule has 1 aliphatic heterocycles. The summed E-state index contributed by atoms with van der Waals surface area (Å²) < 4.78 is 10.9. The number of ether oxygens (including phenoxy) is 2. The first-order chi connectivity index (χ1) is 13.8. The second-order valence-corrected chi connectivity index (χ2v) is 8.88. The summed E-state index contributed by atoms with van der Waals surface area (Å²) in [4.78, 5) is 43.8. The van der Waals surface area contributed by atoms with Gasteiger partial charge in [-0.15, -0.1) is 0 Å². The quantitative estimate of drug-likeness (QED) is 0.768. The van der Waals surface area contributed by atoms with Gasteiger partial charge < -0.3 is 14.6 Å². The van der Waals surface area contributed by atoms with E-state index in [0.29, 0.717) is 19.5 Å². The van der Waals surface area contributed by atoms with Crippen LogP contribution in [0.3, 0.4) is 0 Å². The maximum Gasteiger partial charge on any atom is 0.417 e. The molecule has 30 heavy (non-hydrogen) atoms. The molecule has 0 spiro atoms. The summed E-state index contributed by atoms with van der Waals surface area (Å²) in [5.41, 5.74) is -1.15. The number of aromatic carboxylic acids is 1. The molecule has 1 N–H and O–H groups in total. The van der Waals surface area contributed by atoms with E-state index in [-0.39, 0.29) is 17.2 Å². The first-order valence-corrected chi connectivity index (χ1v) is 9.70. The number of nitrogens with zero attached hydrogens (tertiary/aromatic N) is 3. The van der Waals surface area contributed by atoms with Gasteiger partial charge in [0, 0.05) is 13.1 Å². The van der Waals surface area contributed by atoms with Gasteiger partial charge in [-0.1, -0.05) is 6.07 Å². The number of aliphatic imine (C=N–C) groups is 1. The summed E-state index contributed by atoms with van der Waals surface area (Å²) in [6.07, 6.45) is -0.792. The Labute approximate surface area is 176 Å². The molecular weight excluding hydrogens is 390 g/mol. The molecule has 9 nitrogen and oxygen atoms in total. The Bertz CT molecular complexity index is 813. The smallest absolute Gasteiger partial charge is 0.417 e. The highest BCUT2D eigenvalue weighted by Crippen LogP contribution is 2.22. The van der Waals surface area contributed by atoms with Gasteiger partial charge in [0.2, 0.25) is 5.96 Å². The van der Waals surface area contributed by atoms with Gasteiger partial charge in [0.1, 0.15) is 11.2 Å². The lowest BCUT2D eigenvalue weighted by Crippen LogP contribution is -2.56. The molecule has 1 aliphatic rings. The molecule has 0 atom stereocenters. The van der Waals surface area contributed by atoms with Crippen LogP contribution in [0, 0.1) is 0 Å². The van der Waals surface area contributed by atoms with E-state index in [1.165, 1.54) is 21.9 Å². The third kappa shape index (κ3) is 6.47. The monoisotopic (exact) mass is 419 g/mol. The van der Waals surface area contributed by atoms with Crippen LogP contribution in [0.25, 0.3) is 0 Å². The van der Waals surface area contributed by atoms with Crippen LogP contribution in [-0.4, -0.2) is 63.3 Å². The third-order valence-corrected chi connectivity index (χ3v) is 3.80. The van der Waals surface area contributed by atoms with Crippen molar-refractivity contribution in [3.8, 4) is 0 Å². The minimum absolute atomic E-state index is 0.0345. The molecule has 2 rings (SSSR count). The Morgan fingerprint density at radius 1 is 0.933 bits per heavy atom. The average molecular weight is 419 g/mol. The van der Waals surface area contributed by atoms with Crippen LogP contribution in [0.5, 0.6) is 0 Å². The minimum Gasteiger partial charge on any atom is -0.478 e. The van der Waals surface area contributed by atoms with Gasteiger partial charge in [-0.25, -0.2) is 29.2 Å². The van der Waals surface area contributed by atoms with E-state index in [2.05, 4.69) is 4.99 Å². The standard InChI is InChI=1S/C21H29N3O6/c1-20(2,3)29-18(27)23-11-8-12-24(19(28)30-21(4,5)6)17(23)22-15-10-7-9-14(13-15)16(25)26/h7,9-10,13H,8,11-12H2,1-6H3,(H,25,26). The van der Waals surface area contributed by atoms with Crippen molar-refractivity contribution in [2.24, 2.45) is 4.99 Å². The fourth-order valence-corrected chi connectivity index (χ4v) is 2.66. The Balaban J connectivity index is 2.49. The van der Waals surface area contributed by atoms with E-state index in [9.17, 15) is 19.5 Å². The van der Waals surface area contributed by atoms with Crippen molar-refractivity contribution in [1.82, 2.24) is 9.80 Å². The molecule has 0 aromatic heterocycles. The number of carboxylic acids is 1. The van der Waals surface area contributed by atoms with E-state index in [1.54, 1.807) is 53.7 Å². The summed E-state index contributed by atoms with van der Waals surface area (Å²) in [6, 6.07) is 5.94. The van der Waals surface area contributed by atoms with Crippen molar-refractivity contribution in [3.05, 3.63) is 29.8 Å². The van der Waals surface area contributed by atoms with Gasteiger partial charge in [-0.05, 0) is 66.2 Å². The number of carboxylic acid groups (broad SMARTS) is 1. The van der Waals surface area contributed by atoms with Gasteiger partial charge in [0.25, 0.3) is 0 Å². The largest absolute Gasteiger partial charge is 0.478 e. The SMILES string of the molecule is CC(C)(C)OC(=O)N1CCCN(C(=O)OC(C)(C)C)C1=Nc1cccc(C(=O)O)c1. The van der Waals surface area contributed by atoms with Gasteiger partial charge in [-0.2, -0.15) is 0 Å². The average Bonchev–Trinajstić information content (AvgIpc) is 2.59. The second kappa shape index (κ2) is 8.73. The van der Waals surface area contributed by atoms with E-state index < -0.39 is 29.4 Å². The molecule has 2 amide bonds. The molecule has 1 aromatic rings. The van der Waals surface area contributed by atoms with Crippen LogP contribution in [0.15, 0.2) is 29.3 Å². The van der Waals surface area contributed by atoms with E-state index in [4.69, 9.17) is 9.47 Å². The summed E-state index contributed by atoms with van der Waals surface area (Å²) in [5, 5.41) is 9.23. The number of hydrogen-bond donors (Lipinski definition) is 1. The zero-order valence-corrected chi connectivity index (χ0v) is 18.3. The molecule has 0 saturated carbocycles. The predicted molar refractivity (Wildman–Crippen MR) is 111 cm³/mol. The fraction of sp³-hybridized carbons (Fsp3) is 0.524. The number of rotatable bonds is 2. The van der Waals surface area contributed by atoms with Crippen molar-refractivity contribution in [1.29, 1.82) is 0 Å². The van der Waals surface area contributed by atoms with Crippen LogP contribution >= 0.6 is 0 Å². The molecule has 0 unspecified atom stereocenters. The number of carbonyl (C=O) groups is 3. The molecule has 164 valence electrons. The van der Waals surface area contributed by atoms with Crippen molar-refractivity contribution in [2.45, 2.75) is 59.2 Å². The number of hydrogen-bond acceptors (Lipinski definition) is 6. The van der Waals surface area contributed by atoms with Crippen LogP contribution < -0.4 is 0 Å². The maximum absolute atomic E-state index is 12.8. The molecule has 0 bridgehead atoms. The molecule has 9 heteroatoms. The van der Waals surface area contributed by atoms with Crippen LogP contribution in [0.4, 0.5) is 15.3 Å². The van der Waals surface area contributed by atoms with Gasteiger partial charge in [-0.3, -0.25) is 0 Å². The molecule has 0 radical (unpaired) electrons. The van der Waals surface area contributed by atoms with Crippen molar-refractivity contribution < 1.29 is 29.0 Å². The van der Waals surface area contributed by atoms with E-state index in [1.807, 2.05) is 0 Å². The number of benzene rings is 1. The Kier molecular flexibility index (Phi) is 6.74. The summed E-state index contributed by atoms with van der Waals surface area (Å²) in [5.74, 6) is -1.07. The van der Waals surface area contributed by atoms with E-state index in [0.717, 1.165) is 0 Å². The lowest BCUT2D eigenvalue weighted by Gasteiger charge is -2.37. The summed E-state index contributed by atoms with van der Waals surface area (Å²) in [7, 11) is 0. The van der Waals surface area contributed by atoms with Crippen LogP contribution in [-0.2, 0) is 9.47 Å². The molecule has 1 aromatic carbocycles. The lowest BCUT2D eigenvalue weighted by molar-refractivity contribution is 0.0224. The fourth-order valence-electron chi connectivity index (χ4n) is 2.66. The summed E-state index contributed by atoms with van der Waals surface area (Å²) in [6.45, 7) is 11.1. The first kappa shape index (κ1) is 23.2. The Hall–Kier alpha value is -3.10. The highest BCUT2D eigenvalue weighted by molar-refractivity contribution is 6.03. The lowest BCUT2D eigenvalue weighted by atomic mass is 10.2. The van der Waals surface area contributed by atoms with Gasteiger partial charge in [0.15, 0.2) is 0 Å². The highest BCUT2D eigenvalue weighted by Gasteiger charge is 2.37.